The molecule has 0 radical (unpaired) electrons. The Morgan fingerprint density at radius 2 is 2.18 bits per heavy atom. The van der Waals surface area contributed by atoms with Crippen molar-refractivity contribution in [3.63, 3.8) is 0 Å². The number of hydrogen-bond acceptors (Lipinski definition) is 4. The second-order valence-electron chi connectivity index (χ2n) is 3.82. The second kappa shape index (κ2) is 5.05. The van der Waals surface area contributed by atoms with Crippen LogP contribution in [-0.4, -0.2) is 23.8 Å². The van der Waals surface area contributed by atoms with E-state index in [2.05, 4.69) is 15.5 Å². The molecule has 0 bridgehead atoms. The average molecular weight is 235 g/mol. The van der Waals surface area contributed by atoms with Crippen LogP contribution in [0.3, 0.4) is 0 Å². The third kappa shape index (κ3) is 2.68. The van der Waals surface area contributed by atoms with Crippen LogP contribution in [0.2, 0.25) is 0 Å². The largest absolute Gasteiger partial charge is 0.421 e. The van der Waals surface area contributed by atoms with E-state index in [1.54, 1.807) is 19.1 Å². The van der Waals surface area contributed by atoms with Gasteiger partial charge in [0, 0.05) is 18.5 Å². The molecule has 0 spiro atoms. The van der Waals surface area contributed by atoms with Crippen LogP contribution < -0.4 is 5.32 Å². The van der Waals surface area contributed by atoms with Gasteiger partial charge in [-0.2, -0.15) is 0 Å². The molecule has 17 heavy (non-hydrogen) atoms. The Labute approximate surface area is 98.9 Å². The normalized spacial score (nSPS) is 10.8. The molecule has 0 saturated heterocycles. The standard InChI is InChI=1S/C12H14FN3O/c1-8-7-9(3-4-10(8)13)12-16-15-11(17-12)5-6-14-2/h3-4,7,14H,5-6H2,1-2H3. The molecule has 0 aliphatic rings. The first-order valence-corrected chi connectivity index (χ1v) is 5.44. The molecule has 5 heteroatoms. The quantitative estimate of drug-likeness (QED) is 0.880. The van der Waals surface area contributed by atoms with Gasteiger partial charge in [0.2, 0.25) is 11.8 Å². The zero-order valence-corrected chi connectivity index (χ0v) is 9.83. The first-order chi connectivity index (χ1) is 8.20. The maximum Gasteiger partial charge on any atom is 0.247 e. The molecule has 1 heterocycles. The molecule has 2 aromatic rings. The Morgan fingerprint density at radius 1 is 1.35 bits per heavy atom. The Bertz CT molecular complexity index is 510. The van der Waals surface area contributed by atoms with Crippen molar-refractivity contribution in [3.8, 4) is 11.5 Å². The van der Waals surface area contributed by atoms with Crippen molar-refractivity contribution in [1.82, 2.24) is 15.5 Å². The summed E-state index contributed by atoms with van der Waals surface area (Å²) in [6, 6.07) is 4.74. The van der Waals surface area contributed by atoms with Gasteiger partial charge < -0.3 is 9.73 Å². The molecular formula is C12H14FN3O. The van der Waals surface area contributed by atoms with Crippen molar-refractivity contribution in [3.05, 3.63) is 35.5 Å². The van der Waals surface area contributed by atoms with Crippen LogP contribution in [0.4, 0.5) is 4.39 Å². The van der Waals surface area contributed by atoms with Crippen LogP contribution in [0.1, 0.15) is 11.5 Å². The molecule has 1 aromatic heterocycles. The van der Waals surface area contributed by atoms with E-state index >= 15 is 0 Å². The van der Waals surface area contributed by atoms with E-state index in [0.29, 0.717) is 23.8 Å². The number of benzene rings is 1. The van der Waals surface area contributed by atoms with Gasteiger partial charge in [0.15, 0.2) is 0 Å². The molecule has 0 fully saturated rings. The monoisotopic (exact) mass is 235 g/mol. The fourth-order valence-corrected chi connectivity index (χ4v) is 1.48. The summed E-state index contributed by atoms with van der Waals surface area (Å²) in [5, 5.41) is 10.9. The molecule has 2 rings (SSSR count). The van der Waals surface area contributed by atoms with Gasteiger partial charge in [0.25, 0.3) is 0 Å². The molecule has 0 atom stereocenters. The van der Waals surface area contributed by atoms with Crippen molar-refractivity contribution >= 4 is 0 Å². The Kier molecular flexibility index (Phi) is 3.49. The molecule has 4 nitrogen and oxygen atoms in total. The van der Waals surface area contributed by atoms with Gasteiger partial charge in [-0.15, -0.1) is 10.2 Å². The minimum atomic E-state index is -0.233. The van der Waals surface area contributed by atoms with Crippen LogP contribution >= 0.6 is 0 Å². The van der Waals surface area contributed by atoms with Crippen LogP contribution in [0.15, 0.2) is 22.6 Å². The lowest BCUT2D eigenvalue weighted by molar-refractivity contribution is 0.500. The van der Waals surface area contributed by atoms with E-state index in [9.17, 15) is 4.39 Å². The highest BCUT2D eigenvalue weighted by Crippen LogP contribution is 2.20. The summed E-state index contributed by atoms with van der Waals surface area (Å²) in [5.74, 6) is 0.777. The summed E-state index contributed by atoms with van der Waals surface area (Å²) in [7, 11) is 1.86. The van der Waals surface area contributed by atoms with Crippen molar-refractivity contribution in [2.75, 3.05) is 13.6 Å². The molecule has 0 aliphatic carbocycles. The number of likely N-dealkylation sites (N-methyl/N-ethyl adjacent to an activating group) is 1. The van der Waals surface area contributed by atoms with Crippen LogP contribution in [0.25, 0.3) is 11.5 Å². The minimum absolute atomic E-state index is 0.233. The summed E-state index contributed by atoms with van der Waals surface area (Å²) in [4.78, 5) is 0. The maximum atomic E-state index is 13.1. The van der Waals surface area contributed by atoms with E-state index in [1.165, 1.54) is 6.07 Å². The molecule has 90 valence electrons. The lowest BCUT2D eigenvalue weighted by Crippen LogP contribution is -2.10. The first-order valence-electron chi connectivity index (χ1n) is 5.44. The van der Waals surface area contributed by atoms with Gasteiger partial charge in [0.05, 0.1) is 0 Å². The average Bonchev–Trinajstić information content (AvgIpc) is 2.79. The van der Waals surface area contributed by atoms with E-state index < -0.39 is 0 Å². The molecule has 1 N–H and O–H groups in total. The van der Waals surface area contributed by atoms with Crippen molar-refractivity contribution in [2.45, 2.75) is 13.3 Å². The van der Waals surface area contributed by atoms with Crippen molar-refractivity contribution in [1.29, 1.82) is 0 Å². The van der Waals surface area contributed by atoms with Crippen LogP contribution in [-0.2, 0) is 6.42 Å². The Hall–Kier alpha value is -1.75. The highest BCUT2D eigenvalue weighted by atomic mass is 19.1. The third-order valence-corrected chi connectivity index (χ3v) is 2.46. The fourth-order valence-electron chi connectivity index (χ4n) is 1.48. The Morgan fingerprint density at radius 3 is 2.88 bits per heavy atom. The molecule has 0 unspecified atom stereocenters. The topological polar surface area (TPSA) is 51.0 Å². The number of nitrogens with zero attached hydrogens (tertiary/aromatic N) is 2. The van der Waals surface area contributed by atoms with Crippen molar-refractivity contribution < 1.29 is 8.81 Å². The molecule has 1 aromatic carbocycles. The van der Waals surface area contributed by atoms with E-state index in [4.69, 9.17) is 4.42 Å². The van der Waals surface area contributed by atoms with Gasteiger partial charge in [-0.05, 0) is 37.7 Å². The first kappa shape index (κ1) is 11.7. The zero-order valence-electron chi connectivity index (χ0n) is 9.83. The van der Waals surface area contributed by atoms with Crippen LogP contribution in [0.5, 0.6) is 0 Å². The zero-order chi connectivity index (χ0) is 12.3. The lowest BCUT2D eigenvalue weighted by Gasteiger charge is -1.98. The predicted molar refractivity (Wildman–Crippen MR) is 62.1 cm³/mol. The Balaban J connectivity index is 2.21. The van der Waals surface area contributed by atoms with E-state index in [0.717, 1.165) is 12.1 Å². The number of rotatable bonds is 4. The summed E-state index contributed by atoms with van der Waals surface area (Å²) in [6.07, 6.45) is 0.684. The number of hydrogen-bond donors (Lipinski definition) is 1. The smallest absolute Gasteiger partial charge is 0.247 e. The minimum Gasteiger partial charge on any atom is -0.421 e. The number of aryl methyl sites for hydroxylation is 1. The van der Waals surface area contributed by atoms with Gasteiger partial charge >= 0.3 is 0 Å². The van der Waals surface area contributed by atoms with E-state index in [-0.39, 0.29) is 5.82 Å². The summed E-state index contributed by atoms with van der Waals surface area (Å²) in [6.45, 7) is 2.49. The summed E-state index contributed by atoms with van der Waals surface area (Å²) >= 11 is 0. The van der Waals surface area contributed by atoms with Gasteiger partial charge in [-0.1, -0.05) is 0 Å². The lowest BCUT2D eigenvalue weighted by atomic mass is 10.1. The SMILES string of the molecule is CNCCc1nnc(-c2ccc(F)c(C)c2)o1. The molecular weight excluding hydrogens is 221 g/mol. The molecule has 0 amide bonds. The summed E-state index contributed by atoms with van der Waals surface area (Å²) < 4.78 is 18.6. The maximum absolute atomic E-state index is 13.1. The highest BCUT2D eigenvalue weighted by molar-refractivity contribution is 5.53. The van der Waals surface area contributed by atoms with Crippen molar-refractivity contribution in [2.24, 2.45) is 0 Å². The molecule has 0 aliphatic heterocycles. The number of halogens is 1. The highest BCUT2D eigenvalue weighted by Gasteiger charge is 2.09. The van der Waals surface area contributed by atoms with Gasteiger partial charge in [-0.25, -0.2) is 4.39 Å². The van der Waals surface area contributed by atoms with Gasteiger partial charge in [0.1, 0.15) is 5.82 Å². The third-order valence-electron chi connectivity index (χ3n) is 2.46. The number of nitrogens with one attached hydrogen (secondary N) is 1. The fraction of sp³-hybridized carbons (Fsp3) is 0.333. The molecule has 0 saturated carbocycles. The van der Waals surface area contributed by atoms with Crippen LogP contribution in [0, 0.1) is 12.7 Å². The predicted octanol–water partition coefficient (Wildman–Crippen LogP) is 1.95. The number of aromatic nitrogens is 2. The van der Waals surface area contributed by atoms with Gasteiger partial charge in [-0.3, -0.25) is 0 Å². The van der Waals surface area contributed by atoms with E-state index in [1.807, 2.05) is 7.05 Å². The second-order valence-corrected chi connectivity index (χ2v) is 3.82. The summed E-state index contributed by atoms with van der Waals surface area (Å²) in [5.41, 5.74) is 1.31.